The lowest BCUT2D eigenvalue weighted by atomic mass is 10.1. The van der Waals surface area contributed by atoms with Gasteiger partial charge in [-0.3, -0.25) is 9.69 Å². The summed E-state index contributed by atoms with van der Waals surface area (Å²) in [5.74, 6) is 0.956. The van der Waals surface area contributed by atoms with Crippen LogP contribution >= 0.6 is 0 Å². The van der Waals surface area contributed by atoms with Crippen molar-refractivity contribution in [3.05, 3.63) is 29.3 Å². The summed E-state index contributed by atoms with van der Waals surface area (Å²) in [5.41, 5.74) is 1.81. The number of Topliss-reactive ketones (excluding diaryl/α,β-unsaturated/α-hetero) is 1. The van der Waals surface area contributed by atoms with Crippen LogP contribution in [0, 0.1) is 0 Å². The van der Waals surface area contributed by atoms with Gasteiger partial charge in [0.05, 0.1) is 18.8 Å². The van der Waals surface area contributed by atoms with E-state index in [1.165, 1.54) is 0 Å². The summed E-state index contributed by atoms with van der Waals surface area (Å²) in [6.45, 7) is 11.0. The summed E-state index contributed by atoms with van der Waals surface area (Å²) < 4.78 is 11.5. The van der Waals surface area contributed by atoms with Crippen LogP contribution in [0.3, 0.4) is 0 Å². The number of ketones is 1. The van der Waals surface area contributed by atoms with Crippen LogP contribution in [-0.4, -0.2) is 42.6 Å². The van der Waals surface area contributed by atoms with Crippen molar-refractivity contribution in [2.75, 3.05) is 19.7 Å². The molecule has 1 aliphatic heterocycles. The monoisotopic (exact) mass is 291 g/mol. The van der Waals surface area contributed by atoms with Gasteiger partial charge in [-0.2, -0.15) is 0 Å². The van der Waals surface area contributed by atoms with Gasteiger partial charge in [0.2, 0.25) is 0 Å². The molecule has 1 heterocycles. The molecule has 0 N–H and O–H groups in total. The minimum absolute atomic E-state index is 0.0861. The smallest absolute Gasteiger partial charge is 0.159 e. The van der Waals surface area contributed by atoms with Gasteiger partial charge in [0, 0.05) is 30.8 Å². The zero-order chi connectivity index (χ0) is 15.4. The maximum atomic E-state index is 11.6. The first kappa shape index (κ1) is 16.0. The molecule has 0 aliphatic carbocycles. The van der Waals surface area contributed by atoms with E-state index in [9.17, 15) is 4.79 Å². The van der Waals surface area contributed by atoms with E-state index in [0.717, 1.165) is 36.5 Å². The molecule has 0 bridgehead atoms. The van der Waals surface area contributed by atoms with Gasteiger partial charge < -0.3 is 9.47 Å². The molecule has 2 atom stereocenters. The van der Waals surface area contributed by atoms with Crippen LogP contribution in [0.25, 0.3) is 0 Å². The molecular weight excluding hydrogens is 266 g/mol. The maximum absolute atomic E-state index is 11.6. The van der Waals surface area contributed by atoms with Crippen molar-refractivity contribution < 1.29 is 14.3 Å². The zero-order valence-electron chi connectivity index (χ0n) is 13.4. The Morgan fingerprint density at radius 2 is 2.00 bits per heavy atom. The van der Waals surface area contributed by atoms with E-state index in [0.29, 0.717) is 6.61 Å². The van der Waals surface area contributed by atoms with Crippen molar-refractivity contribution in [1.29, 1.82) is 0 Å². The molecule has 116 valence electrons. The molecule has 1 aliphatic rings. The van der Waals surface area contributed by atoms with Gasteiger partial charge in [-0.05, 0) is 45.9 Å². The first-order valence-corrected chi connectivity index (χ1v) is 7.64. The second-order valence-electron chi connectivity index (χ2n) is 5.76. The third-order valence-electron chi connectivity index (χ3n) is 3.66. The maximum Gasteiger partial charge on any atom is 0.159 e. The summed E-state index contributed by atoms with van der Waals surface area (Å²) in [4.78, 5) is 14.0. The van der Waals surface area contributed by atoms with Crippen LogP contribution in [0.4, 0.5) is 0 Å². The van der Waals surface area contributed by atoms with E-state index < -0.39 is 0 Å². The molecule has 1 aromatic rings. The summed E-state index contributed by atoms with van der Waals surface area (Å²) >= 11 is 0. The van der Waals surface area contributed by atoms with Gasteiger partial charge in [0.15, 0.2) is 5.78 Å². The standard InChI is InChI=1S/C17H25NO3/c1-5-20-17-7-6-15(14(4)19)8-16(17)11-18-9-12(2)21-13(3)10-18/h6-8,12-13H,5,9-11H2,1-4H3/t12-,13+. The summed E-state index contributed by atoms with van der Waals surface area (Å²) in [7, 11) is 0. The fourth-order valence-corrected chi connectivity index (χ4v) is 2.87. The first-order chi connectivity index (χ1) is 9.99. The molecular formula is C17H25NO3. The number of morpholine rings is 1. The average molecular weight is 291 g/mol. The average Bonchev–Trinajstić information content (AvgIpc) is 2.39. The van der Waals surface area contributed by atoms with Crippen molar-refractivity contribution in [2.45, 2.75) is 46.4 Å². The molecule has 4 nitrogen and oxygen atoms in total. The fourth-order valence-electron chi connectivity index (χ4n) is 2.87. The van der Waals surface area contributed by atoms with E-state index in [-0.39, 0.29) is 18.0 Å². The van der Waals surface area contributed by atoms with Gasteiger partial charge in [0.25, 0.3) is 0 Å². The van der Waals surface area contributed by atoms with E-state index >= 15 is 0 Å². The topological polar surface area (TPSA) is 38.8 Å². The lowest BCUT2D eigenvalue weighted by molar-refractivity contribution is -0.0706. The number of carbonyl (C=O) groups is 1. The van der Waals surface area contributed by atoms with Crippen molar-refractivity contribution in [3.63, 3.8) is 0 Å². The number of carbonyl (C=O) groups excluding carboxylic acids is 1. The SMILES string of the molecule is CCOc1ccc(C(C)=O)cc1CN1C[C@@H](C)O[C@@H](C)C1. The molecule has 1 aromatic carbocycles. The highest BCUT2D eigenvalue weighted by atomic mass is 16.5. The molecule has 1 saturated heterocycles. The lowest BCUT2D eigenvalue weighted by Gasteiger charge is -2.35. The van der Waals surface area contributed by atoms with Crippen molar-refractivity contribution >= 4 is 5.78 Å². The van der Waals surface area contributed by atoms with Crippen LogP contribution in [0.15, 0.2) is 18.2 Å². The van der Waals surface area contributed by atoms with Crippen LogP contribution in [-0.2, 0) is 11.3 Å². The highest BCUT2D eigenvalue weighted by Gasteiger charge is 2.23. The van der Waals surface area contributed by atoms with E-state index in [4.69, 9.17) is 9.47 Å². The molecule has 0 saturated carbocycles. The van der Waals surface area contributed by atoms with Gasteiger partial charge in [0.1, 0.15) is 5.75 Å². The van der Waals surface area contributed by atoms with Gasteiger partial charge in [-0.15, -0.1) is 0 Å². The highest BCUT2D eigenvalue weighted by molar-refractivity contribution is 5.94. The van der Waals surface area contributed by atoms with E-state index in [1.807, 2.05) is 25.1 Å². The molecule has 0 spiro atoms. The minimum atomic E-state index is 0.0861. The number of nitrogens with zero attached hydrogens (tertiary/aromatic N) is 1. The Kier molecular flexibility index (Phi) is 5.37. The van der Waals surface area contributed by atoms with Crippen LogP contribution < -0.4 is 4.74 Å². The first-order valence-electron chi connectivity index (χ1n) is 7.64. The van der Waals surface area contributed by atoms with Gasteiger partial charge in [-0.25, -0.2) is 0 Å². The van der Waals surface area contributed by atoms with Gasteiger partial charge in [-0.1, -0.05) is 0 Å². The summed E-state index contributed by atoms with van der Waals surface area (Å²) in [6.07, 6.45) is 0.473. The van der Waals surface area contributed by atoms with Crippen LogP contribution in [0.1, 0.15) is 43.6 Å². The Morgan fingerprint density at radius 3 is 2.57 bits per heavy atom. The minimum Gasteiger partial charge on any atom is -0.494 e. The molecule has 0 amide bonds. The quantitative estimate of drug-likeness (QED) is 0.782. The Labute approximate surface area is 127 Å². The number of rotatable bonds is 5. The van der Waals surface area contributed by atoms with E-state index in [1.54, 1.807) is 6.92 Å². The Hall–Kier alpha value is -1.39. The predicted octanol–water partition coefficient (Wildman–Crippen LogP) is 2.90. The van der Waals surface area contributed by atoms with Crippen molar-refractivity contribution in [2.24, 2.45) is 0 Å². The number of hydrogen-bond donors (Lipinski definition) is 0. The normalized spacial score (nSPS) is 23.0. The second-order valence-corrected chi connectivity index (χ2v) is 5.76. The Morgan fingerprint density at radius 1 is 1.33 bits per heavy atom. The molecule has 0 unspecified atom stereocenters. The number of hydrogen-bond acceptors (Lipinski definition) is 4. The summed E-state index contributed by atoms with van der Waals surface area (Å²) in [5, 5.41) is 0. The Bertz CT molecular complexity index is 491. The summed E-state index contributed by atoms with van der Waals surface area (Å²) in [6, 6.07) is 5.70. The zero-order valence-corrected chi connectivity index (χ0v) is 13.4. The van der Waals surface area contributed by atoms with Crippen molar-refractivity contribution in [1.82, 2.24) is 4.90 Å². The third kappa shape index (κ3) is 4.29. The third-order valence-corrected chi connectivity index (χ3v) is 3.66. The molecule has 4 heteroatoms. The molecule has 0 radical (unpaired) electrons. The molecule has 1 fully saturated rings. The van der Waals surface area contributed by atoms with Crippen LogP contribution in [0.2, 0.25) is 0 Å². The van der Waals surface area contributed by atoms with Crippen LogP contribution in [0.5, 0.6) is 5.75 Å². The second kappa shape index (κ2) is 7.05. The predicted molar refractivity (Wildman–Crippen MR) is 82.9 cm³/mol. The number of benzene rings is 1. The Balaban J connectivity index is 2.19. The molecule has 21 heavy (non-hydrogen) atoms. The number of ether oxygens (including phenoxy) is 2. The fraction of sp³-hybridized carbons (Fsp3) is 0.588. The van der Waals surface area contributed by atoms with E-state index in [2.05, 4.69) is 18.7 Å². The van der Waals surface area contributed by atoms with Gasteiger partial charge >= 0.3 is 0 Å². The largest absolute Gasteiger partial charge is 0.494 e. The van der Waals surface area contributed by atoms with Crippen molar-refractivity contribution in [3.8, 4) is 5.75 Å². The molecule has 2 rings (SSSR count). The highest BCUT2D eigenvalue weighted by Crippen LogP contribution is 2.24. The lowest BCUT2D eigenvalue weighted by Crippen LogP contribution is -2.44. The molecule has 0 aromatic heterocycles.